The second-order valence-electron chi connectivity index (χ2n) is 3.11. The quantitative estimate of drug-likeness (QED) is 0.768. The van der Waals surface area contributed by atoms with E-state index in [1.54, 1.807) is 0 Å². The number of nitrogen functional groups attached to an aromatic ring is 1. The first-order chi connectivity index (χ1) is 5.94. The molecular formula is C8H11F2N3. The van der Waals surface area contributed by atoms with Gasteiger partial charge in [-0.15, -0.1) is 0 Å². The monoisotopic (exact) mass is 187 g/mol. The van der Waals surface area contributed by atoms with Crippen LogP contribution >= 0.6 is 0 Å². The van der Waals surface area contributed by atoms with Gasteiger partial charge in [0.15, 0.2) is 0 Å². The molecule has 1 heterocycles. The van der Waals surface area contributed by atoms with Gasteiger partial charge in [-0.1, -0.05) is 13.8 Å². The van der Waals surface area contributed by atoms with Gasteiger partial charge in [0.2, 0.25) is 0 Å². The lowest BCUT2D eigenvalue weighted by Crippen LogP contribution is -2.23. The van der Waals surface area contributed by atoms with Crippen LogP contribution in [0.25, 0.3) is 0 Å². The Morgan fingerprint density at radius 3 is 2.46 bits per heavy atom. The summed E-state index contributed by atoms with van der Waals surface area (Å²) in [5.41, 5.74) is 4.88. The lowest BCUT2D eigenvalue weighted by molar-refractivity contribution is -0.0556. The van der Waals surface area contributed by atoms with E-state index in [2.05, 4.69) is 9.97 Å². The van der Waals surface area contributed by atoms with Crippen LogP contribution in [0.3, 0.4) is 0 Å². The highest BCUT2D eigenvalue weighted by Gasteiger charge is 2.37. The second-order valence-corrected chi connectivity index (χ2v) is 3.11. The van der Waals surface area contributed by atoms with Crippen molar-refractivity contribution in [2.24, 2.45) is 5.92 Å². The third kappa shape index (κ3) is 1.91. The molecule has 72 valence electrons. The third-order valence-electron chi connectivity index (χ3n) is 1.72. The van der Waals surface area contributed by atoms with Crippen molar-refractivity contribution < 1.29 is 8.78 Å². The third-order valence-corrected chi connectivity index (χ3v) is 1.72. The Kier molecular flexibility index (Phi) is 2.45. The van der Waals surface area contributed by atoms with Crippen LogP contribution in [0.5, 0.6) is 0 Å². The normalized spacial score (nSPS) is 12.1. The molecule has 2 N–H and O–H groups in total. The van der Waals surface area contributed by atoms with Crippen LogP contribution in [0.1, 0.15) is 19.5 Å². The summed E-state index contributed by atoms with van der Waals surface area (Å²) in [5.74, 6) is -3.77. The summed E-state index contributed by atoms with van der Waals surface area (Å²) in [6.07, 6.45) is 2.27. The molecule has 0 saturated carbocycles. The van der Waals surface area contributed by atoms with Crippen molar-refractivity contribution in [2.45, 2.75) is 19.8 Å². The summed E-state index contributed by atoms with van der Waals surface area (Å²) in [4.78, 5) is 7.10. The summed E-state index contributed by atoms with van der Waals surface area (Å²) < 4.78 is 26.6. The van der Waals surface area contributed by atoms with Gasteiger partial charge in [-0.05, 0) is 0 Å². The van der Waals surface area contributed by atoms with E-state index >= 15 is 0 Å². The smallest absolute Gasteiger partial charge is 0.293 e. The van der Waals surface area contributed by atoms with E-state index < -0.39 is 11.8 Å². The molecule has 0 amide bonds. The molecule has 0 radical (unpaired) electrons. The summed E-state index contributed by atoms with van der Waals surface area (Å²) in [6, 6.07) is 0. The van der Waals surface area contributed by atoms with Gasteiger partial charge in [0.05, 0.1) is 12.4 Å². The van der Waals surface area contributed by atoms with E-state index in [-0.39, 0.29) is 11.5 Å². The molecule has 1 rings (SSSR count). The molecule has 1 aromatic rings. The maximum absolute atomic E-state index is 13.3. The van der Waals surface area contributed by atoms with E-state index in [1.807, 2.05) is 0 Å². The molecule has 0 aromatic carbocycles. The van der Waals surface area contributed by atoms with Crippen molar-refractivity contribution in [2.75, 3.05) is 5.73 Å². The van der Waals surface area contributed by atoms with Crippen molar-refractivity contribution in [1.29, 1.82) is 0 Å². The molecule has 5 heteroatoms. The molecule has 0 aliphatic rings. The zero-order valence-electron chi connectivity index (χ0n) is 7.46. The molecule has 0 aliphatic carbocycles. The number of rotatable bonds is 2. The number of halogens is 2. The van der Waals surface area contributed by atoms with Gasteiger partial charge >= 0.3 is 0 Å². The number of hydrogen-bond acceptors (Lipinski definition) is 3. The summed E-state index contributed by atoms with van der Waals surface area (Å²) >= 11 is 0. The largest absolute Gasteiger partial charge is 0.382 e. The molecule has 1 aromatic heterocycles. The van der Waals surface area contributed by atoms with E-state index in [9.17, 15) is 8.78 Å². The second kappa shape index (κ2) is 3.24. The summed E-state index contributed by atoms with van der Waals surface area (Å²) in [5, 5.41) is 0. The highest BCUT2D eigenvalue weighted by atomic mass is 19.3. The minimum Gasteiger partial charge on any atom is -0.382 e. The number of anilines is 1. The maximum atomic E-state index is 13.3. The lowest BCUT2D eigenvalue weighted by Gasteiger charge is -2.18. The molecule has 0 saturated heterocycles. The van der Waals surface area contributed by atoms with Crippen molar-refractivity contribution in [3.63, 3.8) is 0 Å². The van der Waals surface area contributed by atoms with E-state index in [1.165, 1.54) is 20.0 Å². The van der Waals surface area contributed by atoms with Gasteiger partial charge in [0.25, 0.3) is 5.92 Å². The Morgan fingerprint density at radius 1 is 1.38 bits per heavy atom. The first-order valence-electron chi connectivity index (χ1n) is 3.90. The minimum absolute atomic E-state index is 0.0119. The van der Waals surface area contributed by atoms with Gasteiger partial charge in [0, 0.05) is 5.92 Å². The molecule has 0 bridgehead atoms. The Bertz CT molecular complexity index is 299. The standard InChI is InChI=1S/C8H11F2N3/c1-5(2)8(9,10)6-3-12-4-7(11)13-6/h3-5H,1-2H3,(H2,11,13). The van der Waals surface area contributed by atoms with Crippen LogP contribution in [-0.2, 0) is 5.92 Å². The Hall–Kier alpha value is -1.26. The first-order valence-corrected chi connectivity index (χ1v) is 3.90. The maximum Gasteiger partial charge on any atom is 0.293 e. The van der Waals surface area contributed by atoms with Gasteiger partial charge in [0.1, 0.15) is 11.5 Å². The Balaban J connectivity index is 3.07. The zero-order valence-corrected chi connectivity index (χ0v) is 7.46. The molecular weight excluding hydrogens is 176 g/mol. The molecule has 0 spiro atoms. The van der Waals surface area contributed by atoms with Crippen molar-refractivity contribution in [3.8, 4) is 0 Å². The summed E-state index contributed by atoms with van der Waals surface area (Å²) in [7, 11) is 0. The average molecular weight is 187 g/mol. The Morgan fingerprint density at radius 2 is 2.00 bits per heavy atom. The van der Waals surface area contributed by atoms with Gasteiger partial charge in [-0.2, -0.15) is 8.78 Å². The molecule has 13 heavy (non-hydrogen) atoms. The van der Waals surface area contributed by atoms with Crippen molar-refractivity contribution in [3.05, 3.63) is 18.1 Å². The molecule has 3 nitrogen and oxygen atoms in total. The number of aromatic nitrogens is 2. The van der Waals surface area contributed by atoms with E-state index in [4.69, 9.17) is 5.73 Å². The fraction of sp³-hybridized carbons (Fsp3) is 0.500. The van der Waals surface area contributed by atoms with Crippen molar-refractivity contribution in [1.82, 2.24) is 9.97 Å². The minimum atomic E-state index is -2.97. The highest BCUT2D eigenvalue weighted by molar-refractivity contribution is 5.25. The Labute approximate surface area is 75.0 Å². The lowest BCUT2D eigenvalue weighted by atomic mass is 10.0. The molecule has 0 atom stereocenters. The summed E-state index contributed by atoms with van der Waals surface area (Å²) in [6.45, 7) is 2.84. The first kappa shape index (κ1) is 9.83. The number of alkyl halides is 2. The van der Waals surface area contributed by atoms with Crippen molar-refractivity contribution >= 4 is 5.82 Å². The fourth-order valence-corrected chi connectivity index (χ4v) is 0.837. The highest BCUT2D eigenvalue weighted by Crippen LogP contribution is 2.33. The predicted molar refractivity (Wildman–Crippen MR) is 45.2 cm³/mol. The zero-order chi connectivity index (χ0) is 10.1. The SMILES string of the molecule is CC(C)C(F)(F)c1cncc(N)n1. The topological polar surface area (TPSA) is 51.8 Å². The molecule has 0 fully saturated rings. The van der Waals surface area contributed by atoms with Crippen LogP contribution in [-0.4, -0.2) is 9.97 Å². The van der Waals surface area contributed by atoms with Gasteiger partial charge in [-0.3, -0.25) is 4.98 Å². The molecule has 0 unspecified atom stereocenters. The molecule has 0 aliphatic heterocycles. The van der Waals surface area contributed by atoms with Gasteiger partial charge in [-0.25, -0.2) is 4.98 Å². The van der Waals surface area contributed by atoms with E-state index in [0.29, 0.717) is 0 Å². The number of hydrogen-bond donors (Lipinski definition) is 1. The number of nitrogens with two attached hydrogens (primary N) is 1. The fourth-order valence-electron chi connectivity index (χ4n) is 0.837. The van der Waals surface area contributed by atoms with E-state index in [0.717, 1.165) is 6.20 Å². The van der Waals surface area contributed by atoms with Crippen LogP contribution in [0.2, 0.25) is 0 Å². The van der Waals surface area contributed by atoms with Crippen LogP contribution in [0, 0.1) is 5.92 Å². The predicted octanol–water partition coefficient (Wildman–Crippen LogP) is 1.81. The van der Waals surface area contributed by atoms with Crippen LogP contribution in [0.4, 0.5) is 14.6 Å². The van der Waals surface area contributed by atoms with Crippen LogP contribution < -0.4 is 5.73 Å². The van der Waals surface area contributed by atoms with Gasteiger partial charge < -0.3 is 5.73 Å². The van der Waals surface area contributed by atoms with Crippen LogP contribution in [0.15, 0.2) is 12.4 Å². The number of nitrogens with zero attached hydrogens (tertiary/aromatic N) is 2. The average Bonchev–Trinajstić information content (AvgIpc) is 2.04.